The molecule has 0 saturated heterocycles. The van der Waals surface area contributed by atoms with Crippen molar-refractivity contribution < 1.29 is 9.53 Å². The minimum atomic E-state index is -0.00984. The van der Waals surface area contributed by atoms with Crippen molar-refractivity contribution in [2.75, 3.05) is 0 Å². The summed E-state index contributed by atoms with van der Waals surface area (Å²) in [6.45, 7) is 1.83. The molecule has 0 spiro atoms. The van der Waals surface area contributed by atoms with Crippen molar-refractivity contribution in [1.29, 1.82) is 0 Å². The standard InChI is InChI=1S/C16H13NO2S2/c1-11(18)12-6-2-4-8-14(12)19-10-17-13-7-3-5-9-15(13)21-16(17)20/h2-9H,10H2,1H3. The van der Waals surface area contributed by atoms with Crippen molar-refractivity contribution in [1.82, 2.24) is 4.57 Å². The second-order valence-electron chi connectivity index (χ2n) is 4.59. The van der Waals surface area contributed by atoms with E-state index < -0.39 is 0 Å². The molecular formula is C16H13NO2S2. The van der Waals surface area contributed by atoms with Gasteiger partial charge < -0.3 is 4.74 Å². The second-order valence-corrected chi connectivity index (χ2v) is 6.27. The summed E-state index contributed by atoms with van der Waals surface area (Å²) in [6, 6.07) is 15.3. The Morgan fingerprint density at radius 3 is 2.71 bits per heavy atom. The summed E-state index contributed by atoms with van der Waals surface area (Å²) in [5.41, 5.74) is 1.64. The fraction of sp³-hybridized carbons (Fsp3) is 0.125. The molecular weight excluding hydrogens is 302 g/mol. The number of hydrogen-bond donors (Lipinski definition) is 0. The molecule has 0 bridgehead atoms. The smallest absolute Gasteiger partial charge is 0.167 e. The Kier molecular flexibility index (Phi) is 3.86. The van der Waals surface area contributed by atoms with Crippen molar-refractivity contribution in [2.24, 2.45) is 0 Å². The van der Waals surface area contributed by atoms with Crippen LogP contribution in [0.2, 0.25) is 0 Å². The third-order valence-corrected chi connectivity index (χ3v) is 4.62. The summed E-state index contributed by atoms with van der Waals surface area (Å²) in [7, 11) is 0. The van der Waals surface area contributed by atoms with Gasteiger partial charge in [0.2, 0.25) is 0 Å². The molecule has 2 aromatic carbocycles. The number of benzene rings is 2. The highest BCUT2D eigenvalue weighted by Gasteiger charge is 2.09. The van der Waals surface area contributed by atoms with Crippen LogP contribution in [0.4, 0.5) is 0 Å². The zero-order chi connectivity index (χ0) is 14.8. The first-order valence-electron chi connectivity index (χ1n) is 6.48. The zero-order valence-corrected chi connectivity index (χ0v) is 13.0. The molecule has 1 aromatic heterocycles. The molecule has 0 amide bonds. The van der Waals surface area contributed by atoms with Crippen LogP contribution in [0.5, 0.6) is 5.75 Å². The number of ether oxygens (including phenoxy) is 1. The number of carbonyl (C=O) groups excluding carboxylic acids is 1. The fourth-order valence-electron chi connectivity index (χ4n) is 2.15. The van der Waals surface area contributed by atoms with Gasteiger partial charge in [0.15, 0.2) is 16.5 Å². The van der Waals surface area contributed by atoms with E-state index in [2.05, 4.69) is 0 Å². The van der Waals surface area contributed by atoms with E-state index in [1.54, 1.807) is 23.5 Å². The number of ketones is 1. The van der Waals surface area contributed by atoms with Gasteiger partial charge in [0.25, 0.3) is 0 Å². The van der Waals surface area contributed by atoms with E-state index in [4.69, 9.17) is 17.0 Å². The third-order valence-electron chi connectivity index (χ3n) is 3.19. The van der Waals surface area contributed by atoms with E-state index in [1.165, 1.54) is 6.92 Å². The van der Waals surface area contributed by atoms with Crippen LogP contribution in [0.25, 0.3) is 10.2 Å². The van der Waals surface area contributed by atoms with Crippen LogP contribution < -0.4 is 4.74 Å². The molecule has 0 N–H and O–H groups in total. The highest BCUT2D eigenvalue weighted by atomic mass is 32.1. The van der Waals surface area contributed by atoms with Gasteiger partial charge in [-0.15, -0.1) is 11.3 Å². The Bertz CT molecular complexity index is 864. The van der Waals surface area contributed by atoms with Gasteiger partial charge in [0, 0.05) is 0 Å². The van der Waals surface area contributed by atoms with Gasteiger partial charge in [-0.2, -0.15) is 0 Å². The minimum Gasteiger partial charge on any atom is -0.472 e. The SMILES string of the molecule is CC(=O)c1ccccc1OCn1c(=S)sc2ccccc21. The largest absolute Gasteiger partial charge is 0.472 e. The molecule has 3 rings (SSSR count). The van der Waals surface area contributed by atoms with E-state index in [-0.39, 0.29) is 5.78 Å². The van der Waals surface area contributed by atoms with Crippen LogP contribution >= 0.6 is 23.6 Å². The molecule has 3 nitrogen and oxygen atoms in total. The predicted molar refractivity (Wildman–Crippen MR) is 87.7 cm³/mol. The summed E-state index contributed by atoms with van der Waals surface area (Å²) in [5.74, 6) is 0.576. The number of Topliss-reactive ketones (excluding diaryl/α,β-unsaturated/α-hetero) is 1. The quantitative estimate of drug-likeness (QED) is 0.518. The number of rotatable bonds is 4. The summed E-state index contributed by atoms with van der Waals surface area (Å²) in [4.78, 5) is 11.6. The molecule has 21 heavy (non-hydrogen) atoms. The maximum Gasteiger partial charge on any atom is 0.167 e. The highest BCUT2D eigenvalue weighted by molar-refractivity contribution is 7.73. The van der Waals surface area contributed by atoms with Crippen molar-refractivity contribution >= 4 is 39.6 Å². The molecule has 0 unspecified atom stereocenters. The first kappa shape index (κ1) is 14.0. The van der Waals surface area contributed by atoms with Gasteiger partial charge in [0.1, 0.15) is 5.75 Å². The van der Waals surface area contributed by atoms with Gasteiger partial charge in [-0.1, -0.05) is 24.3 Å². The van der Waals surface area contributed by atoms with E-state index >= 15 is 0 Å². The molecule has 1 heterocycles. The number of hydrogen-bond acceptors (Lipinski definition) is 4. The van der Waals surface area contributed by atoms with Crippen molar-refractivity contribution in [2.45, 2.75) is 13.7 Å². The molecule has 0 aliphatic heterocycles. The molecule has 0 saturated carbocycles. The summed E-state index contributed by atoms with van der Waals surface area (Å²) in [5, 5.41) is 0. The molecule has 106 valence electrons. The Balaban J connectivity index is 1.93. The summed E-state index contributed by atoms with van der Waals surface area (Å²) >= 11 is 6.94. The maximum atomic E-state index is 11.6. The Hall–Kier alpha value is -1.98. The molecule has 0 fully saturated rings. The Labute approximate surface area is 131 Å². The van der Waals surface area contributed by atoms with Gasteiger partial charge in [-0.25, -0.2) is 0 Å². The van der Waals surface area contributed by atoms with E-state index in [0.29, 0.717) is 18.0 Å². The summed E-state index contributed by atoms with van der Waals surface area (Å²) in [6.07, 6.45) is 0. The van der Waals surface area contributed by atoms with Crippen LogP contribution in [-0.2, 0) is 6.73 Å². The topological polar surface area (TPSA) is 31.2 Å². The lowest BCUT2D eigenvalue weighted by Gasteiger charge is -2.11. The Morgan fingerprint density at radius 2 is 1.90 bits per heavy atom. The van der Waals surface area contributed by atoms with Crippen LogP contribution in [-0.4, -0.2) is 10.4 Å². The van der Waals surface area contributed by atoms with E-state index in [1.807, 2.05) is 41.0 Å². The maximum absolute atomic E-state index is 11.6. The predicted octanol–water partition coefficient (Wildman–Crippen LogP) is 4.67. The van der Waals surface area contributed by atoms with Crippen molar-refractivity contribution in [3.8, 4) is 5.75 Å². The van der Waals surface area contributed by atoms with Crippen LogP contribution in [0.15, 0.2) is 48.5 Å². The first-order chi connectivity index (χ1) is 10.2. The first-order valence-corrected chi connectivity index (χ1v) is 7.70. The lowest BCUT2D eigenvalue weighted by molar-refractivity contribution is 0.101. The average molecular weight is 315 g/mol. The average Bonchev–Trinajstić information content (AvgIpc) is 2.81. The number of carbonyl (C=O) groups is 1. The van der Waals surface area contributed by atoms with Crippen LogP contribution in [0, 0.1) is 3.95 Å². The van der Waals surface area contributed by atoms with Gasteiger partial charge in [-0.05, 0) is 43.4 Å². The lowest BCUT2D eigenvalue weighted by atomic mass is 10.1. The van der Waals surface area contributed by atoms with E-state index in [9.17, 15) is 4.79 Å². The number of para-hydroxylation sites is 2. The highest BCUT2D eigenvalue weighted by Crippen LogP contribution is 2.24. The number of fused-ring (bicyclic) bond motifs is 1. The Morgan fingerprint density at radius 1 is 1.19 bits per heavy atom. The van der Waals surface area contributed by atoms with Gasteiger partial charge in [0.05, 0.1) is 15.8 Å². The lowest BCUT2D eigenvalue weighted by Crippen LogP contribution is -2.07. The van der Waals surface area contributed by atoms with Gasteiger partial charge >= 0.3 is 0 Å². The van der Waals surface area contributed by atoms with Gasteiger partial charge in [-0.3, -0.25) is 9.36 Å². The monoisotopic (exact) mass is 315 g/mol. The second kappa shape index (κ2) is 5.79. The minimum absolute atomic E-state index is 0.00984. The van der Waals surface area contributed by atoms with Crippen LogP contribution in [0.1, 0.15) is 17.3 Å². The summed E-state index contributed by atoms with van der Waals surface area (Å²) < 4.78 is 9.64. The molecule has 0 aliphatic rings. The number of thiazole rings is 1. The fourth-order valence-corrected chi connectivity index (χ4v) is 3.45. The molecule has 0 aliphatic carbocycles. The molecule has 3 aromatic rings. The normalized spacial score (nSPS) is 10.7. The number of nitrogens with zero attached hydrogens (tertiary/aromatic N) is 1. The molecule has 5 heteroatoms. The molecule has 0 atom stereocenters. The third kappa shape index (κ3) is 2.75. The molecule has 0 radical (unpaired) electrons. The zero-order valence-electron chi connectivity index (χ0n) is 11.4. The van der Waals surface area contributed by atoms with Crippen LogP contribution in [0.3, 0.4) is 0 Å². The van der Waals surface area contributed by atoms with E-state index in [0.717, 1.165) is 14.2 Å². The van der Waals surface area contributed by atoms with Crippen molar-refractivity contribution in [3.05, 3.63) is 58.0 Å². The van der Waals surface area contributed by atoms with Crippen molar-refractivity contribution in [3.63, 3.8) is 0 Å². The number of aromatic nitrogens is 1.